The molecule has 0 fully saturated rings. The first-order valence-electron chi connectivity index (χ1n) is 18.6. The number of amides is 2. The van der Waals surface area contributed by atoms with Crippen LogP contribution in [0.5, 0.6) is 5.75 Å². The summed E-state index contributed by atoms with van der Waals surface area (Å²) in [5.74, 6) is -1.26. The van der Waals surface area contributed by atoms with Crippen LogP contribution in [-0.4, -0.2) is 108 Å². The summed E-state index contributed by atoms with van der Waals surface area (Å²) in [6.07, 6.45) is -0.124. The maximum absolute atomic E-state index is 14.4. The topological polar surface area (TPSA) is 206 Å². The van der Waals surface area contributed by atoms with Crippen molar-refractivity contribution in [3.63, 3.8) is 0 Å². The van der Waals surface area contributed by atoms with Gasteiger partial charge in [-0.3, -0.25) is 9.59 Å². The van der Waals surface area contributed by atoms with Crippen LogP contribution in [0.3, 0.4) is 0 Å². The minimum Gasteiger partial charge on any atom is -0.483 e. The molecule has 302 valence electrons. The molecule has 1 heterocycles. The molecule has 0 radical (unpaired) electrons. The second-order valence-corrected chi connectivity index (χ2v) is 16.9. The van der Waals surface area contributed by atoms with Gasteiger partial charge in [0.2, 0.25) is 5.91 Å². The Balaban J connectivity index is 1.60. The van der Waals surface area contributed by atoms with E-state index in [1.54, 1.807) is 30.3 Å². The van der Waals surface area contributed by atoms with E-state index in [2.05, 4.69) is 29.4 Å². The summed E-state index contributed by atoms with van der Waals surface area (Å²) in [5, 5.41) is 54.1. The van der Waals surface area contributed by atoms with E-state index in [9.17, 15) is 38.4 Å². The molecule has 4 rings (SSSR count). The SMILES string of the molecule is CCCCC1(CCCC)CN(c2ccccc2)c2cc(SC)c(OCC(=O)NC(C(=O)NCC(O)C(O)C(O)C(O)CO)c3ccccc3)cc2S(=O)(=O)C1. The van der Waals surface area contributed by atoms with Crippen LogP contribution in [0.4, 0.5) is 11.4 Å². The molecule has 0 aliphatic carbocycles. The van der Waals surface area contributed by atoms with E-state index in [1.165, 1.54) is 17.8 Å². The molecule has 0 bridgehead atoms. The lowest BCUT2D eigenvalue weighted by Crippen LogP contribution is -2.51. The molecule has 0 saturated heterocycles. The van der Waals surface area contributed by atoms with Crippen LogP contribution in [0.2, 0.25) is 0 Å². The van der Waals surface area contributed by atoms with Crippen molar-refractivity contribution >= 4 is 44.8 Å². The molecule has 3 aromatic carbocycles. The zero-order valence-corrected chi connectivity index (χ0v) is 33.3. The Kier molecular flexibility index (Phi) is 16.4. The third kappa shape index (κ3) is 11.4. The van der Waals surface area contributed by atoms with Crippen LogP contribution in [-0.2, 0) is 19.4 Å². The van der Waals surface area contributed by atoms with E-state index in [4.69, 9.17) is 9.84 Å². The number of aliphatic hydroxyl groups is 5. The lowest BCUT2D eigenvalue weighted by molar-refractivity contribution is -0.132. The normalized spacial score (nSPS) is 17.5. The van der Waals surface area contributed by atoms with Crippen LogP contribution in [0.25, 0.3) is 0 Å². The number of thioether (sulfide) groups is 1. The first-order chi connectivity index (χ1) is 26.3. The molecule has 1 aliphatic rings. The lowest BCUT2D eigenvalue weighted by atomic mass is 9.79. The summed E-state index contributed by atoms with van der Waals surface area (Å²) < 4.78 is 34.9. The van der Waals surface area contributed by atoms with E-state index in [0.29, 0.717) is 22.7 Å². The number of nitrogens with one attached hydrogen (secondary N) is 2. The maximum Gasteiger partial charge on any atom is 0.258 e. The fourth-order valence-corrected chi connectivity index (χ4v) is 9.53. The monoisotopic (exact) mass is 801 g/mol. The van der Waals surface area contributed by atoms with Gasteiger partial charge in [-0.2, -0.15) is 0 Å². The Morgan fingerprint density at radius 2 is 1.51 bits per heavy atom. The fraction of sp³-hybridized carbons (Fsp3) is 0.500. The van der Waals surface area contributed by atoms with Gasteiger partial charge in [0.25, 0.3) is 5.91 Å². The number of carbonyl (C=O) groups is 2. The van der Waals surface area contributed by atoms with Crippen LogP contribution in [0, 0.1) is 5.41 Å². The third-order valence-corrected chi connectivity index (χ3v) is 12.7. The molecule has 7 N–H and O–H groups in total. The highest BCUT2D eigenvalue weighted by Crippen LogP contribution is 2.47. The summed E-state index contributed by atoms with van der Waals surface area (Å²) in [6, 6.07) is 20.1. The quantitative estimate of drug-likeness (QED) is 0.0821. The Morgan fingerprint density at radius 3 is 2.09 bits per heavy atom. The standard InChI is InChI=1S/C40H55N3O10S2/c1-4-6-18-40(19-7-5-2)25-43(28-16-12-9-13-17-28)29-20-33(54-3)32(21-34(29)55(51,52)26-40)53-24-35(47)42-36(27-14-10-8-11-15-27)39(50)41-22-30(45)37(48)38(49)31(46)23-44/h8-17,20-21,30-31,36-38,44-46,48-49H,4-7,18-19,22-26H2,1-3H3,(H,41,50)(H,42,47). The van der Waals surface area contributed by atoms with Gasteiger partial charge in [0, 0.05) is 30.3 Å². The van der Waals surface area contributed by atoms with Gasteiger partial charge in [0.05, 0.1) is 33.9 Å². The summed E-state index contributed by atoms with van der Waals surface area (Å²) >= 11 is 1.35. The van der Waals surface area contributed by atoms with Crippen LogP contribution < -0.4 is 20.3 Å². The van der Waals surface area contributed by atoms with Gasteiger partial charge in [0.1, 0.15) is 30.1 Å². The number of anilines is 2. The molecule has 0 spiro atoms. The smallest absolute Gasteiger partial charge is 0.258 e. The van der Waals surface area contributed by atoms with Crippen LogP contribution in [0.1, 0.15) is 64.0 Å². The number of benzene rings is 3. The van der Waals surface area contributed by atoms with E-state index in [-0.39, 0.29) is 16.4 Å². The Morgan fingerprint density at radius 1 is 0.909 bits per heavy atom. The summed E-state index contributed by atoms with van der Waals surface area (Å²) in [4.78, 5) is 29.6. The molecule has 13 nitrogen and oxygen atoms in total. The molecule has 15 heteroatoms. The number of hydrogen-bond donors (Lipinski definition) is 7. The number of hydrogen-bond acceptors (Lipinski definition) is 12. The summed E-state index contributed by atoms with van der Waals surface area (Å²) in [5.41, 5.74) is 1.34. The number of carbonyl (C=O) groups excluding carboxylic acids is 2. The van der Waals surface area contributed by atoms with Crippen molar-refractivity contribution in [3.8, 4) is 5.75 Å². The minimum absolute atomic E-state index is 0.0184. The second kappa shape index (κ2) is 20.5. The number of unbranched alkanes of at least 4 members (excludes halogenated alkanes) is 2. The summed E-state index contributed by atoms with van der Waals surface area (Å²) in [7, 11) is -3.84. The highest BCUT2D eigenvalue weighted by atomic mass is 32.2. The van der Waals surface area contributed by atoms with Gasteiger partial charge in [-0.05, 0) is 42.9 Å². The van der Waals surface area contributed by atoms with Gasteiger partial charge in [-0.1, -0.05) is 88.1 Å². The fourth-order valence-electron chi connectivity index (χ4n) is 6.86. The van der Waals surface area contributed by atoms with E-state index >= 15 is 0 Å². The number of para-hydroxylation sites is 1. The van der Waals surface area contributed by atoms with Gasteiger partial charge >= 0.3 is 0 Å². The molecule has 5 atom stereocenters. The second-order valence-electron chi connectivity index (χ2n) is 14.1. The Labute approximate surface area is 328 Å². The number of sulfone groups is 1. The average Bonchev–Trinajstić information content (AvgIpc) is 3.29. The first kappa shape index (κ1) is 44.0. The Hall–Kier alpha value is -3.70. The van der Waals surface area contributed by atoms with Crippen LogP contribution >= 0.6 is 11.8 Å². The summed E-state index contributed by atoms with van der Waals surface area (Å²) in [6.45, 7) is 2.78. The van der Waals surface area contributed by atoms with Crippen molar-refractivity contribution in [1.82, 2.24) is 10.6 Å². The van der Waals surface area contributed by atoms with Gasteiger partial charge < -0.3 is 45.8 Å². The Bertz CT molecular complexity index is 1790. The van der Waals surface area contributed by atoms with Gasteiger partial charge in [0.15, 0.2) is 16.4 Å². The molecule has 0 aromatic heterocycles. The predicted octanol–water partition coefficient (Wildman–Crippen LogP) is 3.49. The van der Waals surface area contributed by atoms with E-state index in [0.717, 1.165) is 44.2 Å². The number of fused-ring (bicyclic) bond motifs is 1. The molecule has 3 aromatic rings. The molecule has 0 saturated carbocycles. The minimum atomic E-state index is -3.84. The molecule has 55 heavy (non-hydrogen) atoms. The van der Waals surface area contributed by atoms with Crippen molar-refractivity contribution in [2.75, 3.05) is 43.2 Å². The molecule has 1 aliphatic heterocycles. The maximum atomic E-state index is 14.4. The molecular formula is C40H55N3O10S2. The number of aliphatic hydroxyl groups excluding tert-OH is 5. The molecular weight excluding hydrogens is 747 g/mol. The highest BCUT2D eigenvalue weighted by molar-refractivity contribution is 7.98. The number of ether oxygens (including phenoxy) is 1. The average molecular weight is 802 g/mol. The molecule has 5 unspecified atom stereocenters. The van der Waals surface area contributed by atoms with Crippen LogP contribution in [0.15, 0.2) is 82.6 Å². The highest BCUT2D eigenvalue weighted by Gasteiger charge is 2.42. The van der Waals surface area contributed by atoms with E-state index < -0.39 is 77.3 Å². The van der Waals surface area contributed by atoms with E-state index in [1.807, 2.05) is 42.7 Å². The molecule has 2 amide bonds. The zero-order chi connectivity index (χ0) is 40.2. The van der Waals surface area contributed by atoms with Crippen molar-refractivity contribution in [1.29, 1.82) is 0 Å². The largest absolute Gasteiger partial charge is 0.483 e. The lowest BCUT2D eigenvalue weighted by Gasteiger charge is -2.37. The van der Waals surface area contributed by atoms with Gasteiger partial charge in [-0.15, -0.1) is 11.8 Å². The number of rotatable bonds is 20. The van der Waals surface area contributed by atoms with Crippen molar-refractivity contribution in [2.24, 2.45) is 5.41 Å². The predicted molar refractivity (Wildman–Crippen MR) is 212 cm³/mol. The van der Waals surface area contributed by atoms with Gasteiger partial charge in [-0.25, -0.2) is 8.42 Å². The number of nitrogens with zero attached hydrogens (tertiary/aromatic N) is 1. The zero-order valence-electron chi connectivity index (χ0n) is 31.6. The van der Waals surface area contributed by atoms with Crippen molar-refractivity contribution in [3.05, 3.63) is 78.4 Å². The third-order valence-electron chi connectivity index (χ3n) is 9.92. The van der Waals surface area contributed by atoms with Crippen molar-refractivity contribution < 1.29 is 48.3 Å². The first-order valence-corrected chi connectivity index (χ1v) is 21.5. The van der Waals surface area contributed by atoms with Crippen molar-refractivity contribution in [2.45, 2.75) is 92.6 Å².